The van der Waals surface area contributed by atoms with Crippen molar-refractivity contribution in [1.82, 2.24) is 0 Å². The number of anilines is 2. The Morgan fingerprint density at radius 2 is 2.31 bits per heavy atom. The van der Waals surface area contributed by atoms with E-state index in [4.69, 9.17) is 5.73 Å². The van der Waals surface area contributed by atoms with Gasteiger partial charge in [-0.3, -0.25) is 0 Å². The van der Waals surface area contributed by atoms with E-state index in [-0.39, 0.29) is 5.82 Å². The van der Waals surface area contributed by atoms with Gasteiger partial charge in [0.15, 0.2) is 0 Å². The zero-order valence-corrected chi connectivity index (χ0v) is 8.33. The molecule has 1 rings (SSSR count). The fourth-order valence-electron chi connectivity index (χ4n) is 0.982. The van der Waals surface area contributed by atoms with Gasteiger partial charge in [0.2, 0.25) is 0 Å². The van der Waals surface area contributed by atoms with Gasteiger partial charge in [-0.05, 0) is 24.5 Å². The minimum absolute atomic E-state index is 0.298. The lowest BCUT2D eigenvalue weighted by atomic mass is 10.2. The lowest BCUT2D eigenvalue weighted by Gasteiger charge is -2.07. The van der Waals surface area contributed by atoms with Crippen molar-refractivity contribution in [1.29, 1.82) is 0 Å². The lowest BCUT2D eigenvalue weighted by Crippen LogP contribution is -2.06. The van der Waals surface area contributed by atoms with Gasteiger partial charge in [-0.2, -0.15) is 11.8 Å². The van der Waals surface area contributed by atoms with E-state index in [1.54, 1.807) is 17.8 Å². The van der Waals surface area contributed by atoms with Gasteiger partial charge < -0.3 is 11.1 Å². The van der Waals surface area contributed by atoms with Crippen LogP contribution in [0.4, 0.5) is 15.8 Å². The highest BCUT2D eigenvalue weighted by Gasteiger charge is 1.98. The predicted octanol–water partition coefficient (Wildman–Crippen LogP) is 2.18. The molecule has 0 atom stereocenters. The average molecular weight is 200 g/mol. The molecular formula is C9H13FN2S. The third-order valence-corrected chi connectivity index (χ3v) is 2.25. The molecule has 0 aliphatic carbocycles. The van der Waals surface area contributed by atoms with Crippen molar-refractivity contribution in [2.24, 2.45) is 0 Å². The molecule has 0 aromatic heterocycles. The summed E-state index contributed by atoms with van der Waals surface area (Å²) in [6.45, 7) is 0.844. The Labute approximate surface area is 81.7 Å². The summed E-state index contributed by atoms with van der Waals surface area (Å²) < 4.78 is 12.6. The van der Waals surface area contributed by atoms with Crippen LogP contribution in [0.15, 0.2) is 18.2 Å². The molecule has 0 radical (unpaired) electrons. The summed E-state index contributed by atoms with van der Waals surface area (Å²) in [6, 6.07) is 4.38. The number of benzene rings is 1. The van der Waals surface area contributed by atoms with Crippen LogP contribution >= 0.6 is 11.8 Å². The first-order chi connectivity index (χ1) is 6.24. The Morgan fingerprint density at radius 3 is 2.92 bits per heavy atom. The van der Waals surface area contributed by atoms with Crippen molar-refractivity contribution in [3.63, 3.8) is 0 Å². The summed E-state index contributed by atoms with van der Waals surface area (Å²) >= 11 is 1.75. The molecule has 13 heavy (non-hydrogen) atoms. The van der Waals surface area contributed by atoms with E-state index < -0.39 is 0 Å². The molecule has 72 valence electrons. The summed E-state index contributed by atoms with van der Waals surface area (Å²) in [6.07, 6.45) is 2.04. The van der Waals surface area contributed by atoms with Crippen LogP contribution in [0, 0.1) is 5.82 Å². The number of thioether (sulfide) groups is 1. The maximum Gasteiger partial charge on any atom is 0.125 e. The molecule has 0 heterocycles. The number of nitrogens with one attached hydrogen (secondary N) is 1. The Morgan fingerprint density at radius 1 is 1.54 bits per heavy atom. The van der Waals surface area contributed by atoms with Gasteiger partial charge in [-0.15, -0.1) is 0 Å². The molecule has 0 aliphatic heterocycles. The molecule has 0 amide bonds. The fraction of sp³-hybridized carbons (Fsp3) is 0.333. The number of rotatable bonds is 4. The molecule has 0 fully saturated rings. The Bertz CT molecular complexity index is 278. The van der Waals surface area contributed by atoms with Gasteiger partial charge in [0.05, 0.1) is 11.4 Å². The molecule has 0 spiro atoms. The summed E-state index contributed by atoms with van der Waals surface area (Å²) in [5.41, 5.74) is 6.86. The zero-order valence-electron chi connectivity index (χ0n) is 7.51. The van der Waals surface area contributed by atoms with Crippen LogP contribution < -0.4 is 11.1 Å². The largest absolute Gasteiger partial charge is 0.397 e. The van der Waals surface area contributed by atoms with Crippen LogP contribution in [0.3, 0.4) is 0 Å². The summed E-state index contributed by atoms with van der Waals surface area (Å²) in [4.78, 5) is 0. The predicted molar refractivity (Wildman–Crippen MR) is 57.7 cm³/mol. The lowest BCUT2D eigenvalue weighted by molar-refractivity contribution is 0.628. The first kappa shape index (κ1) is 10.2. The highest BCUT2D eigenvalue weighted by molar-refractivity contribution is 7.98. The molecule has 1 aromatic rings. The highest BCUT2D eigenvalue weighted by atomic mass is 32.2. The molecule has 0 saturated heterocycles. The van der Waals surface area contributed by atoms with E-state index in [0.717, 1.165) is 18.0 Å². The van der Waals surface area contributed by atoms with Gasteiger partial charge in [-0.25, -0.2) is 4.39 Å². The maximum absolute atomic E-state index is 12.6. The second-order valence-electron chi connectivity index (χ2n) is 2.65. The second kappa shape index (κ2) is 4.97. The van der Waals surface area contributed by atoms with E-state index in [0.29, 0.717) is 5.69 Å². The molecule has 0 unspecified atom stereocenters. The minimum Gasteiger partial charge on any atom is -0.397 e. The Kier molecular flexibility index (Phi) is 3.89. The zero-order chi connectivity index (χ0) is 9.68. The van der Waals surface area contributed by atoms with Gasteiger partial charge in [-0.1, -0.05) is 0 Å². The third kappa shape index (κ3) is 3.14. The van der Waals surface area contributed by atoms with Crippen molar-refractivity contribution >= 4 is 23.1 Å². The van der Waals surface area contributed by atoms with Crippen molar-refractivity contribution in [3.05, 3.63) is 24.0 Å². The number of nitrogens with two attached hydrogens (primary N) is 1. The Balaban J connectivity index is 2.56. The summed E-state index contributed by atoms with van der Waals surface area (Å²) in [7, 11) is 0. The molecule has 1 aromatic carbocycles. The molecule has 0 bridgehead atoms. The first-order valence-corrected chi connectivity index (χ1v) is 5.41. The van der Waals surface area contributed by atoms with E-state index >= 15 is 0 Å². The molecule has 3 N–H and O–H groups in total. The molecular weight excluding hydrogens is 187 g/mol. The maximum atomic E-state index is 12.6. The quantitative estimate of drug-likeness (QED) is 0.578. The molecule has 0 aliphatic rings. The fourth-order valence-corrected chi connectivity index (χ4v) is 1.29. The van der Waals surface area contributed by atoms with Crippen LogP contribution in [0.5, 0.6) is 0 Å². The van der Waals surface area contributed by atoms with E-state index in [2.05, 4.69) is 5.32 Å². The van der Waals surface area contributed by atoms with Gasteiger partial charge >= 0.3 is 0 Å². The normalized spacial score (nSPS) is 10.0. The van der Waals surface area contributed by atoms with Crippen LogP contribution in [0.25, 0.3) is 0 Å². The van der Waals surface area contributed by atoms with Gasteiger partial charge in [0.25, 0.3) is 0 Å². The third-order valence-electron chi connectivity index (χ3n) is 1.64. The van der Waals surface area contributed by atoms with E-state index in [9.17, 15) is 4.39 Å². The van der Waals surface area contributed by atoms with Crippen molar-refractivity contribution in [3.8, 4) is 0 Å². The minimum atomic E-state index is -0.298. The second-order valence-corrected chi connectivity index (χ2v) is 3.64. The SMILES string of the molecule is CSCCNc1ccc(F)cc1N. The first-order valence-electron chi connectivity index (χ1n) is 4.02. The highest BCUT2D eigenvalue weighted by Crippen LogP contribution is 2.18. The standard InChI is InChI=1S/C9H13FN2S/c1-13-5-4-12-9-3-2-7(10)6-8(9)11/h2-3,6,12H,4-5,11H2,1H3. The average Bonchev–Trinajstić information content (AvgIpc) is 2.09. The smallest absolute Gasteiger partial charge is 0.125 e. The van der Waals surface area contributed by atoms with Crippen LogP contribution in [-0.4, -0.2) is 18.6 Å². The number of hydrogen-bond donors (Lipinski definition) is 2. The molecule has 4 heteroatoms. The molecule has 0 saturated carbocycles. The van der Waals surface area contributed by atoms with Crippen LogP contribution in [0.1, 0.15) is 0 Å². The summed E-state index contributed by atoms with van der Waals surface area (Å²) in [5, 5.41) is 3.13. The number of nitrogen functional groups attached to an aromatic ring is 1. The summed E-state index contributed by atoms with van der Waals surface area (Å²) in [5.74, 6) is 0.713. The molecule has 2 nitrogen and oxygen atoms in total. The number of halogens is 1. The van der Waals surface area contributed by atoms with Crippen LogP contribution in [-0.2, 0) is 0 Å². The van der Waals surface area contributed by atoms with Gasteiger partial charge in [0.1, 0.15) is 5.82 Å². The van der Waals surface area contributed by atoms with Crippen molar-refractivity contribution < 1.29 is 4.39 Å². The number of hydrogen-bond acceptors (Lipinski definition) is 3. The van der Waals surface area contributed by atoms with E-state index in [1.165, 1.54) is 12.1 Å². The van der Waals surface area contributed by atoms with Crippen molar-refractivity contribution in [2.75, 3.05) is 29.6 Å². The van der Waals surface area contributed by atoms with Gasteiger partial charge in [0, 0.05) is 12.3 Å². The Hall–Kier alpha value is -0.900. The topological polar surface area (TPSA) is 38.0 Å². The van der Waals surface area contributed by atoms with E-state index in [1.807, 2.05) is 6.26 Å². The van der Waals surface area contributed by atoms with Crippen LogP contribution in [0.2, 0.25) is 0 Å². The van der Waals surface area contributed by atoms with Crippen molar-refractivity contribution in [2.45, 2.75) is 0 Å². The monoisotopic (exact) mass is 200 g/mol.